The molecule has 1 fully saturated rings. The number of rotatable bonds is 2. The van der Waals surface area contributed by atoms with Gasteiger partial charge in [0.05, 0.1) is 10.6 Å². The van der Waals surface area contributed by atoms with E-state index in [-0.39, 0.29) is 13.0 Å². The molecule has 2 amide bonds. The second-order valence-corrected chi connectivity index (χ2v) is 8.01. The molecule has 0 radical (unpaired) electrons. The Bertz CT molecular complexity index is 1020. The van der Waals surface area contributed by atoms with E-state index in [1.807, 2.05) is 24.3 Å². The number of carbonyl (C=O) groups excluding carboxylic acids is 2. The Morgan fingerprint density at radius 1 is 1.03 bits per heavy atom. The molecular formula is C23H24ClN3O4. The molecule has 2 aromatic rings. The van der Waals surface area contributed by atoms with Gasteiger partial charge in [0.15, 0.2) is 0 Å². The van der Waals surface area contributed by atoms with E-state index in [0.717, 1.165) is 24.2 Å². The molecular weight excluding hydrogens is 418 g/mol. The van der Waals surface area contributed by atoms with Crippen LogP contribution in [-0.2, 0) is 11.2 Å². The van der Waals surface area contributed by atoms with E-state index in [9.17, 15) is 9.59 Å². The van der Waals surface area contributed by atoms with Gasteiger partial charge in [-0.15, -0.1) is 0 Å². The van der Waals surface area contributed by atoms with E-state index in [4.69, 9.17) is 26.8 Å². The van der Waals surface area contributed by atoms with Gasteiger partial charge < -0.3 is 25.8 Å². The number of ether oxygens (including phenoxy) is 2. The van der Waals surface area contributed by atoms with Gasteiger partial charge in [0.1, 0.15) is 30.8 Å². The average molecular weight is 442 g/mol. The summed E-state index contributed by atoms with van der Waals surface area (Å²) in [5.74, 6) is 0.292. The lowest BCUT2D eigenvalue weighted by Crippen LogP contribution is -2.46. The molecule has 0 spiro atoms. The maximum absolute atomic E-state index is 13.1. The number of amides is 2. The van der Waals surface area contributed by atoms with E-state index >= 15 is 0 Å². The molecule has 0 saturated carbocycles. The number of halogens is 1. The third-order valence-corrected chi connectivity index (χ3v) is 5.72. The third-order valence-electron chi connectivity index (χ3n) is 5.42. The van der Waals surface area contributed by atoms with Gasteiger partial charge in [-0.25, -0.2) is 0 Å². The number of nitrogens with two attached hydrogens (primary N) is 1. The number of carbonyl (C=O) groups is 2. The van der Waals surface area contributed by atoms with Crippen molar-refractivity contribution < 1.29 is 19.1 Å². The molecule has 31 heavy (non-hydrogen) atoms. The summed E-state index contributed by atoms with van der Waals surface area (Å²) in [6.07, 6.45) is 3.85. The number of fused-ring (bicyclic) bond motifs is 9. The summed E-state index contributed by atoms with van der Waals surface area (Å²) in [6.45, 7) is 2.32. The van der Waals surface area contributed by atoms with E-state index in [0.29, 0.717) is 34.6 Å². The monoisotopic (exact) mass is 441 g/mol. The Morgan fingerprint density at radius 3 is 2.39 bits per heavy atom. The summed E-state index contributed by atoms with van der Waals surface area (Å²) in [7, 11) is 0. The zero-order valence-electron chi connectivity index (χ0n) is 16.9. The molecule has 3 aliphatic rings. The van der Waals surface area contributed by atoms with Crippen LogP contribution in [0.3, 0.4) is 0 Å². The standard InChI is InChI=1S/C23H24ClN3O4/c24-18-9-14-3-5-21(18)31-8-2-1-7-30-20-6-4-15(16-12-26-13-16)11-17(20)23(29)27-19(10-14)22(25)28/h1-6,9,11,16,19,26H,7-8,10,12-13H2,(H2,25,28)(H,27,29). The van der Waals surface area contributed by atoms with Crippen LogP contribution in [0, 0.1) is 0 Å². The van der Waals surface area contributed by atoms with Crippen molar-refractivity contribution in [1.29, 1.82) is 0 Å². The van der Waals surface area contributed by atoms with Crippen LogP contribution >= 0.6 is 11.6 Å². The van der Waals surface area contributed by atoms with Gasteiger partial charge in [0, 0.05) is 25.4 Å². The summed E-state index contributed by atoms with van der Waals surface area (Å²) in [6, 6.07) is 9.96. The fourth-order valence-electron chi connectivity index (χ4n) is 3.52. The largest absolute Gasteiger partial charge is 0.489 e. The van der Waals surface area contributed by atoms with Crippen LogP contribution in [0.5, 0.6) is 11.5 Å². The van der Waals surface area contributed by atoms with Crippen LogP contribution in [0.25, 0.3) is 0 Å². The van der Waals surface area contributed by atoms with Gasteiger partial charge in [0.25, 0.3) is 5.91 Å². The molecule has 5 rings (SSSR count). The summed E-state index contributed by atoms with van der Waals surface area (Å²) in [5, 5.41) is 6.42. The minimum absolute atomic E-state index is 0.212. The molecule has 0 aliphatic carbocycles. The Hall–Kier alpha value is -3.03. The van der Waals surface area contributed by atoms with E-state index in [1.54, 1.807) is 24.3 Å². The van der Waals surface area contributed by atoms with Crippen LogP contribution < -0.4 is 25.8 Å². The van der Waals surface area contributed by atoms with Crippen molar-refractivity contribution in [3.63, 3.8) is 0 Å². The molecule has 3 heterocycles. The highest BCUT2D eigenvalue weighted by Gasteiger charge is 2.25. The zero-order valence-corrected chi connectivity index (χ0v) is 17.7. The van der Waals surface area contributed by atoms with Gasteiger partial charge in [-0.2, -0.15) is 0 Å². The van der Waals surface area contributed by atoms with Crippen molar-refractivity contribution in [3.8, 4) is 11.5 Å². The molecule has 0 aromatic heterocycles. The van der Waals surface area contributed by atoms with Crippen molar-refractivity contribution in [2.75, 3.05) is 26.3 Å². The molecule has 1 unspecified atom stereocenters. The number of primary amides is 1. The van der Waals surface area contributed by atoms with Crippen molar-refractivity contribution in [2.24, 2.45) is 5.73 Å². The first-order valence-electron chi connectivity index (χ1n) is 10.1. The van der Waals surface area contributed by atoms with E-state index < -0.39 is 17.9 Å². The second-order valence-electron chi connectivity index (χ2n) is 7.60. The molecule has 1 saturated heterocycles. The molecule has 3 aliphatic heterocycles. The van der Waals surface area contributed by atoms with Gasteiger partial charge in [-0.05, 0) is 47.5 Å². The summed E-state index contributed by atoms with van der Waals surface area (Å²) >= 11 is 6.30. The first-order chi connectivity index (χ1) is 15.0. The maximum atomic E-state index is 13.1. The normalized spacial score (nSPS) is 19.5. The number of benzene rings is 2. The van der Waals surface area contributed by atoms with Crippen LogP contribution in [0.2, 0.25) is 5.02 Å². The highest BCUT2D eigenvalue weighted by atomic mass is 35.5. The first-order valence-corrected chi connectivity index (χ1v) is 10.5. The fraction of sp³-hybridized carbons (Fsp3) is 0.304. The predicted molar refractivity (Wildman–Crippen MR) is 118 cm³/mol. The van der Waals surface area contributed by atoms with Crippen molar-refractivity contribution in [1.82, 2.24) is 10.6 Å². The molecule has 162 valence electrons. The molecule has 8 heteroatoms. The van der Waals surface area contributed by atoms with Crippen LogP contribution in [0.4, 0.5) is 0 Å². The number of nitrogens with one attached hydrogen (secondary N) is 2. The predicted octanol–water partition coefficient (Wildman–Crippen LogP) is 2.18. The third kappa shape index (κ3) is 5.00. The summed E-state index contributed by atoms with van der Waals surface area (Å²) < 4.78 is 11.5. The maximum Gasteiger partial charge on any atom is 0.255 e. The topological polar surface area (TPSA) is 103 Å². The van der Waals surface area contributed by atoms with Crippen molar-refractivity contribution >= 4 is 23.4 Å². The minimum atomic E-state index is -0.898. The van der Waals surface area contributed by atoms with Crippen LogP contribution in [0.15, 0.2) is 48.6 Å². The number of hydrogen-bond donors (Lipinski definition) is 3. The van der Waals surface area contributed by atoms with Crippen LogP contribution in [0.1, 0.15) is 27.4 Å². The van der Waals surface area contributed by atoms with Gasteiger partial charge in [0.2, 0.25) is 5.91 Å². The van der Waals surface area contributed by atoms with E-state index in [1.165, 1.54) is 0 Å². The average Bonchev–Trinajstić information content (AvgIpc) is 2.70. The fourth-order valence-corrected chi connectivity index (χ4v) is 3.78. The molecule has 2 aromatic carbocycles. The minimum Gasteiger partial charge on any atom is -0.489 e. The van der Waals surface area contributed by atoms with Crippen molar-refractivity contribution in [2.45, 2.75) is 18.4 Å². The Kier molecular flexibility index (Phi) is 6.44. The van der Waals surface area contributed by atoms with Crippen molar-refractivity contribution in [3.05, 3.63) is 70.3 Å². The quantitative estimate of drug-likeness (QED) is 0.620. The Balaban J connectivity index is 1.67. The lowest BCUT2D eigenvalue weighted by Gasteiger charge is -2.28. The van der Waals surface area contributed by atoms with Gasteiger partial charge in [-0.1, -0.05) is 23.7 Å². The second kappa shape index (κ2) is 9.41. The number of hydrogen-bond acceptors (Lipinski definition) is 5. The van der Waals surface area contributed by atoms with E-state index in [2.05, 4.69) is 10.6 Å². The Morgan fingerprint density at radius 2 is 1.74 bits per heavy atom. The smallest absolute Gasteiger partial charge is 0.255 e. The summed E-state index contributed by atoms with van der Waals surface area (Å²) in [4.78, 5) is 25.2. The first kappa shape index (κ1) is 21.2. The lowest BCUT2D eigenvalue weighted by atomic mass is 9.92. The molecule has 2 bridgehead atoms. The van der Waals surface area contributed by atoms with Crippen LogP contribution in [-0.4, -0.2) is 44.2 Å². The highest BCUT2D eigenvalue weighted by molar-refractivity contribution is 6.32. The molecule has 1 atom stereocenters. The lowest BCUT2D eigenvalue weighted by molar-refractivity contribution is -0.119. The molecule has 7 nitrogen and oxygen atoms in total. The molecule has 4 N–H and O–H groups in total. The summed E-state index contributed by atoms with van der Waals surface area (Å²) in [5.41, 5.74) is 7.76. The Labute approximate surface area is 185 Å². The SMILES string of the molecule is NC(=O)C1Cc2ccc(c(Cl)c2)OCC=CCOc2ccc(C3CNC3)cc2C(=O)N1. The highest BCUT2D eigenvalue weighted by Crippen LogP contribution is 2.28. The van der Waals surface area contributed by atoms with Gasteiger partial charge in [-0.3, -0.25) is 9.59 Å². The van der Waals surface area contributed by atoms with Gasteiger partial charge >= 0.3 is 0 Å². The zero-order chi connectivity index (χ0) is 21.8.